The fraction of sp³-hybridized carbons (Fsp3) is 0.316. The van der Waals surface area contributed by atoms with E-state index in [1.807, 2.05) is 32.0 Å². The van der Waals surface area contributed by atoms with Crippen LogP contribution in [0.4, 0.5) is 11.4 Å². The van der Waals surface area contributed by atoms with Gasteiger partial charge in [-0.25, -0.2) is 8.42 Å². The van der Waals surface area contributed by atoms with Gasteiger partial charge in [-0.05, 0) is 68.1 Å². The molecule has 3 rings (SSSR count). The van der Waals surface area contributed by atoms with Crippen molar-refractivity contribution < 1.29 is 13.2 Å². The van der Waals surface area contributed by atoms with Gasteiger partial charge in [-0.1, -0.05) is 12.1 Å². The quantitative estimate of drug-likeness (QED) is 0.912. The first-order valence-electron chi connectivity index (χ1n) is 8.34. The van der Waals surface area contributed by atoms with Crippen molar-refractivity contribution in [3.63, 3.8) is 0 Å². The molecule has 1 aliphatic rings. The maximum Gasteiger partial charge on any atom is 0.255 e. The average molecular weight is 358 g/mol. The summed E-state index contributed by atoms with van der Waals surface area (Å²) in [4.78, 5) is 12.6. The number of carbonyl (C=O) groups is 1. The van der Waals surface area contributed by atoms with Gasteiger partial charge in [0, 0.05) is 17.8 Å². The largest absolute Gasteiger partial charge is 0.322 e. The maximum absolute atomic E-state index is 12.6. The fourth-order valence-electron chi connectivity index (χ4n) is 3.02. The van der Waals surface area contributed by atoms with Crippen LogP contribution in [0.2, 0.25) is 0 Å². The molecule has 25 heavy (non-hydrogen) atoms. The van der Waals surface area contributed by atoms with Gasteiger partial charge in [-0.15, -0.1) is 0 Å². The summed E-state index contributed by atoms with van der Waals surface area (Å²) in [6.07, 6.45) is 0.624. The summed E-state index contributed by atoms with van der Waals surface area (Å²) in [5.41, 5.74) is 4.99. The van der Waals surface area contributed by atoms with E-state index in [1.165, 1.54) is 4.31 Å². The third-order valence-electron chi connectivity index (χ3n) is 4.54. The molecule has 132 valence electrons. The number of hydrogen-bond acceptors (Lipinski definition) is 3. The van der Waals surface area contributed by atoms with E-state index in [-0.39, 0.29) is 11.7 Å². The summed E-state index contributed by atoms with van der Waals surface area (Å²) in [5, 5.41) is 2.94. The Morgan fingerprint density at radius 3 is 2.64 bits per heavy atom. The van der Waals surface area contributed by atoms with Crippen molar-refractivity contribution in [2.24, 2.45) is 0 Å². The number of amides is 1. The number of sulfonamides is 1. The minimum absolute atomic E-state index is 0.0707. The van der Waals surface area contributed by atoms with Crippen molar-refractivity contribution in [1.82, 2.24) is 0 Å². The van der Waals surface area contributed by atoms with Crippen LogP contribution in [0.25, 0.3) is 0 Å². The second-order valence-corrected chi connectivity index (χ2v) is 8.52. The molecular formula is C19H22N2O3S. The molecule has 2 aromatic rings. The highest BCUT2D eigenvalue weighted by molar-refractivity contribution is 7.92. The van der Waals surface area contributed by atoms with Crippen molar-refractivity contribution in [2.45, 2.75) is 27.2 Å². The van der Waals surface area contributed by atoms with Gasteiger partial charge in [0.25, 0.3) is 5.91 Å². The normalized spacial score (nSPS) is 13.6. The number of nitrogens with one attached hydrogen (secondary N) is 1. The lowest BCUT2D eigenvalue weighted by molar-refractivity contribution is 0.102. The Hall–Kier alpha value is -2.34. The lowest BCUT2D eigenvalue weighted by Crippen LogP contribution is -2.30. The van der Waals surface area contributed by atoms with Crippen LogP contribution in [0.15, 0.2) is 36.4 Å². The minimum Gasteiger partial charge on any atom is -0.322 e. The predicted molar refractivity (Wildman–Crippen MR) is 101 cm³/mol. The summed E-state index contributed by atoms with van der Waals surface area (Å²) in [7, 11) is -3.27. The molecule has 0 unspecified atom stereocenters. The highest BCUT2D eigenvalue weighted by Gasteiger charge is 2.28. The number of benzene rings is 2. The maximum atomic E-state index is 12.6. The number of rotatable bonds is 4. The Balaban J connectivity index is 1.86. The zero-order valence-electron chi connectivity index (χ0n) is 14.7. The predicted octanol–water partition coefficient (Wildman–Crippen LogP) is 3.27. The smallest absolute Gasteiger partial charge is 0.255 e. The number of anilines is 2. The van der Waals surface area contributed by atoms with Crippen LogP contribution in [0.5, 0.6) is 0 Å². The molecular weight excluding hydrogens is 336 g/mol. The van der Waals surface area contributed by atoms with Gasteiger partial charge >= 0.3 is 0 Å². The fourth-order valence-corrected chi connectivity index (χ4v) is 4.18. The van der Waals surface area contributed by atoms with Crippen LogP contribution in [0.3, 0.4) is 0 Å². The van der Waals surface area contributed by atoms with E-state index in [9.17, 15) is 13.2 Å². The lowest BCUT2D eigenvalue weighted by atomic mass is 10.1. The molecule has 1 amide bonds. The van der Waals surface area contributed by atoms with Gasteiger partial charge in [-0.2, -0.15) is 0 Å². The summed E-state index contributed by atoms with van der Waals surface area (Å²) in [6, 6.07) is 11.1. The monoisotopic (exact) mass is 358 g/mol. The highest BCUT2D eigenvalue weighted by atomic mass is 32.2. The van der Waals surface area contributed by atoms with Crippen molar-refractivity contribution >= 4 is 27.3 Å². The minimum atomic E-state index is -3.27. The topological polar surface area (TPSA) is 66.5 Å². The van der Waals surface area contributed by atoms with E-state index in [0.29, 0.717) is 24.2 Å². The highest BCUT2D eigenvalue weighted by Crippen LogP contribution is 2.31. The zero-order valence-corrected chi connectivity index (χ0v) is 15.5. The molecule has 0 fully saturated rings. The van der Waals surface area contributed by atoms with Crippen LogP contribution in [-0.2, 0) is 16.4 Å². The lowest BCUT2D eigenvalue weighted by Gasteiger charge is -2.18. The first kappa shape index (κ1) is 17.5. The van der Waals surface area contributed by atoms with Gasteiger partial charge in [-0.3, -0.25) is 9.10 Å². The molecule has 0 bridgehead atoms. The zero-order chi connectivity index (χ0) is 18.2. The Morgan fingerprint density at radius 2 is 1.92 bits per heavy atom. The molecule has 0 aromatic heterocycles. The van der Waals surface area contributed by atoms with E-state index in [4.69, 9.17) is 0 Å². The van der Waals surface area contributed by atoms with Crippen LogP contribution >= 0.6 is 0 Å². The van der Waals surface area contributed by atoms with E-state index in [2.05, 4.69) is 5.32 Å². The van der Waals surface area contributed by atoms with E-state index >= 15 is 0 Å². The van der Waals surface area contributed by atoms with Crippen molar-refractivity contribution in [3.05, 3.63) is 58.7 Å². The Morgan fingerprint density at radius 1 is 1.16 bits per heavy atom. The molecule has 1 aliphatic heterocycles. The molecule has 0 aliphatic carbocycles. The molecule has 0 saturated carbocycles. The molecule has 0 radical (unpaired) electrons. The number of aryl methyl sites for hydroxylation is 2. The van der Waals surface area contributed by atoms with E-state index in [1.54, 1.807) is 25.1 Å². The van der Waals surface area contributed by atoms with Crippen molar-refractivity contribution in [3.8, 4) is 0 Å². The van der Waals surface area contributed by atoms with Gasteiger partial charge in [0.05, 0.1) is 11.4 Å². The number of fused-ring (bicyclic) bond motifs is 1. The third-order valence-corrected chi connectivity index (χ3v) is 6.32. The van der Waals surface area contributed by atoms with Gasteiger partial charge < -0.3 is 5.32 Å². The van der Waals surface area contributed by atoms with Crippen molar-refractivity contribution in [2.75, 3.05) is 21.9 Å². The van der Waals surface area contributed by atoms with Crippen molar-refractivity contribution in [1.29, 1.82) is 0 Å². The summed E-state index contributed by atoms with van der Waals surface area (Å²) in [6.45, 7) is 6.01. The first-order chi connectivity index (χ1) is 11.8. The van der Waals surface area contributed by atoms with Crippen LogP contribution in [0, 0.1) is 13.8 Å². The van der Waals surface area contributed by atoms with Gasteiger partial charge in [0.1, 0.15) is 0 Å². The van der Waals surface area contributed by atoms with E-state index < -0.39 is 10.0 Å². The Labute approximate surface area is 148 Å². The van der Waals surface area contributed by atoms with Gasteiger partial charge in [0.15, 0.2) is 0 Å². The van der Waals surface area contributed by atoms with E-state index in [0.717, 1.165) is 22.4 Å². The summed E-state index contributed by atoms with van der Waals surface area (Å²) in [5.74, 6) is -0.116. The number of hydrogen-bond donors (Lipinski definition) is 1. The Bertz CT molecular complexity index is 936. The molecule has 5 nitrogen and oxygen atoms in total. The second kappa shape index (κ2) is 6.52. The average Bonchev–Trinajstić information content (AvgIpc) is 3.02. The van der Waals surface area contributed by atoms with Crippen LogP contribution in [-0.4, -0.2) is 26.6 Å². The SMILES string of the molecule is CCS(=O)(=O)N1CCc2cc(C(=O)Nc3cc(C)ccc3C)ccc21. The first-order valence-corrected chi connectivity index (χ1v) is 9.94. The van der Waals surface area contributed by atoms with Gasteiger partial charge in [0.2, 0.25) is 10.0 Å². The molecule has 0 saturated heterocycles. The summed E-state index contributed by atoms with van der Waals surface area (Å²) < 4.78 is 25.7. The molecule has 1 heterocycles. The molecule has 6 heteroatoms. The molecule has 0 spiro atoms. The molecule has 2 aromatic carbocycles. The number of carbonyl (C=O) groups excluding carboxylic acids is 1. The Kier molecular flexibility index (Phi) is 4.56. The molecule has 1 N–H and O–H groups in total. The summed E-state index contributed by atoms with van der Waals surface area (Å²) >= 11 is 0. The standard InChI is InChI=1S/C19H22N2O3S/c1-4-25(23,24)21-10-9-15-12-16(7-8-18(15)21)19(22)20-17-11-13(2)5-6-14(17)3/h5-8,11-12H,4,9-10H2,1-3H3,(H,20,22). The van der Waals surface area contributed by atoms with Crippen LogP contribution < -0.4 is 9.62 Å². The number of nitrogens with zero attached hydrogens (tertiary/aromatic N) is 1. The third kappa shape index (κ3) is 3.39. The van der Waals surface area contributed by atoms with Crippen LogP contribution in [0.1, 0.15) is 34.0 Å². The molecule has 0 atom stereocenters. The second-order valence-electron chi connectivity index (χ2n) is 6.34.